The number of anilines is 1. The van der Waals surface area contributed by atoms with Crippen LogP contribution in [0, 0.1) is 11.3 Å². The van der Waals surface area contributed by atoms with Crippen molar-refractivity contribution in [1.82, 2.24) is 19.7 Å². The van der Waals surface area contributed by atoms with E-state index in [0.29, 0.717) is 26.2 Å². The van der Waals surface area contributed by atoms with Crippen molar-refractivity contribution >= 4 is 34.3 Å². The van der Waals surface area contributed by atoms with Gasteiger partial charge in [0.1, 0.15) is 0 Å². The average molecular weight is 512 g/mol. The minimum Gasteiger partial charge on any atom is -0.342 e. The van der Waals surface area contributed by atoms with Gasteiger partial charge in [0.05, 0.1) is 17.6 Å². The molecule has 1 aromatic heterocycles. The molecule has 0 saturated carbocycles. The molecule has 0 aliphatic carbocycles. The van der Waals surface area contributed by atoms with E-state index in [2.05, 4.69) is 10.3 Å². The summed E-state index contributed by atoms with van der Waals surface area (Å²) in [5, 5.41) is 5.23. The number of rotatable bonds is 3. The number of carbonyl (C=O) groups excluding carboxylic acids is 3. The summed E-state index contributed by atoms with van der Waals surface area (Å²) in [6, 6.07) is 17.4. The van der Waals surface area contributed by atoms with Crippen molar-refractivity contribution in [3.05, 3.63) is 72.6 Å². The Morgan fingerprint density at radius 1 is 0.947 bits per heavy atom. The summed E-state index contributed by atoms with van der Waals surface area (Å²) < 4.78 is 0. The topological polar surface area (TPSA) is 85.9 Å². The maximum atomic E-state index is 13.7. The lowest BCUT2D eigenvalue weighted by Crippen LogP contribution is -2.46. The number of fused-ring (bicyclic) bond motifs is 1. The number of pyridine rings is 1. The number of nitrogens with zero attached hydrogens (tertiary/aromatic N) is 4. The van der Waals surface area contributed by atoms with Crippen LogP contribution in [0.5, 0.6) is 0 Å². The standard InChI is InChI=1S/C30H33N5O3/c1-33-26(36)18-24(27(33)22-8-5-14-31-19-22)28(37)35-17-13-30(20-35)11-15-34(16-12-30)29(38)32-25-10-4-7-21-6-2-3-9-23(21)25/h2-10,14,19,24,27H,11-13,15-18,20H2,1H3,(H,32,38). The van der Waals surface area contributed by atoms with Gasteiger partial charge >= 0.3 is 6.03 Å². The van der Waals surface area contributed by atoms with Crippen LogP contribution in [0.3, 0.4) is 0 Å². The van der Waals surface area contributed by atoms with Gasteiger partial charge < -0.3 is 20.0 Å². The van der Waals surface area contributed by atoms with E-state index in [1.54, 1.807) is 24.3 Å². The Hall–Kier alpha value is -3.94. The van der Waals surface area contributed by atoms with Crippen molar-refractivity contribution in [3.63, 3.8) is 0 Å². The molecule has 2 unspecified atom stereocenters. The molecule has 3 aliphatic rings. The molecule has 3 saturated heterocycles. The van der Waals surface area contributed by atoms with E-state index < -0.39 is 5.92 Å². The smallest absolute Gasteiger partial charge is 0.321 e. The molecule has 4 heterocycles. The molecular formula is C30H33N5O3. The predicted octanol–water partition coefficient (Wildman–Crippen LogP) is 4.30. The van der Waals surface area contributed by atoms with Gasteiger partial charge in [0.15, 0.2) is 0 Å². The lowest BCUT2D eigenvalue weighted by molar-refractivity contribution is -0.136. The van der Waals surface area contributed by atoms with Crippen molar-refractivity contribution in [1.29, 1.82) is 0 Å². The van der Waals surface area contributed by atoms with E-state index in [0.717, 1.165) is 41.3 Å². The van der Waals surface area contributed by atoms with Crippen LogP contribution in [-0.2, 0) is 9.59 Å². The summed E-state index contributed by atoms with van der Waals surface area (Å²) in [6.45, 7) is 2.73. The Kier molecular flexibility index (Phi) is 6.26. The highest BCUT2D eigenvalue weighted by molar-refractivity contribution is 6.01. The van der Waals surface area contributed by atoms with Crippen molar-refractivity contribution in [2.75, 3.05) is 38.5 Å². The molecule has 3 aromatic rings. The van der Waals surface area contributed by atoms with Gasteiger partial charge in [0.25, 0.3) is 0 Å². The molecule has 1 N–H and O–H groups in total. The third-order valence-electron chi connectivity index (χ3n) is 8.82. The largest absolute Gasteiger partial charge is 0.342 e. The molecule has 1 spiro atoms. The molecule has 2 aromatic carbocycles. The van der Waals surface area contributed by atoms with E-state index in [-0.39, 0.29) is 35.7 Å². The minimum absolute atomic E-state index is 0.00312. The number of urea groups is 1. The lowest BCUT2D eigenvalue weighted by atomic mass is 9.78. The number of carbonyl (C=O) groups is 3. The highest BCUT2D eigenvalue weighted by Gasteiger charge is 2.48. The predicted molar refractivity (Wildman–Crippen MR) is 145 cm³/mol. The van der Waals surface area contributed by atoms with E-state index in [1.807, 2.05) is 64.4 Å². The SMILES string of the molecule is CN1C(=O)CC(C(=O)N2CCC3(CCN(C(=O)Nc4cccc5ccccc45)CC3)C2)C1c1cccnc1. The fourth-order valence-corrected chi connectivity index (χ4v) is 6.58. The number of hydrogen-bond donors (Lipinski definition) is 1. The van der Waals surface area contributed by atoms with E-state index >= 15 is 0 Å². The first-order valence-electron chi connectivity index (χ1n) is 13.4. The highest BCUT2D eigenvalue weighted by atomic mass is 16.2. The molecule has 3 aliphatic heterocycles. The Morgan fingerprint density at radius 3 is 2.45 bits per heavy atom. The number of nitrogens with one attached hydrogen (secondary N) is 1. The van der Waals surface area contributed by atoms with Gasteiger partial charge in [-0.05, 0) is 47.8 Å². The minimum atomic E-state index is -0.390. The Balaban J connectivity index is 1.09. The summed E-state index contributed by atoms with van der Waals surface area (Å²) in [7, 11) is 1.78. The number of aromatic nitrogens is 1. The van der Waals surface area contributed by atoms with Crippen LogP contribution < -0.4 is 5.32 Å². The molecule has 38 heavy (non-hydrogen) atoms. The maximum absolute atomic E-state index is 13.7. The number of hydrogen-bond acceptors (Lipinski definition) is 4. The first-order chi connectivity index (χ1) is 18.4. The van der Waals surface area contributed by atoms with Crippen molar-refractivity contribution in [3.8, 4) is 0 Å². The molecule has 0 bridgehead atoms. The van der Waals surface area contributed by atoms with Gasteiger partial charge in [-0.1, -0.05) is 42.5 Å². The Bertz CT molecular complexity index is 1360. The molecule has 3 fully saturated rings. The van der Waals surface area contributed by atoms with Crippen LogP contribution >= 0.6 is 0 Å². The fraction of sp³-hybridized carbons (Fsp3) is 0.400. The summed E-state index contributed by atoms with van der Waals surface area (Å²) in [4.78, 5) is 49.1. The van der Waals surface area contributed by atoms with Crippen molar-refractivity contribution in [2.24, 2.45) is 11.3 Å². The molecule has 4 amide bonds. The summed E-state index contributed by atoms with van der Waals surface area (Å²) in [5.74, 6) is -0.334. The van der Waals surface area contributed by atoms with Crippen LogP contribution in [0.15, 0.2) is 67.0 Å². The van der Waals surface area contributed by atoms with Gasteiger partial charge in [-0.3, -0.25) is 14.6 Å². The monoisotopic (exact) mass is 511 g/mol. The molecule has 8 heteroatoms. The number of amides is 4. The lowest BCUT2D eigenvalue weighted by Gasteiger charge is -2.39. The number of piperidine rings is 1. The second kappa shape index (κ2) is 9.74. The molecular weight excluding hydrogens is 478 g/mol. The molecule has 2 atom stereocenters. The normalized spacial score (nSPS) is 22.9. The zero-order valence-electron chi connectivity index (χ0n) is 21.7. The van der Waals surface area contributed by atoms with E-state index in [4.69, 9.17) is 0 Å². The van der Waals surface area contributed by atoms with Gasteiger partial charge in [-0.15, -0.1) is 0 Å². The second-order valence-electron chi connectivity index (χ2n) is 11.0. The first kappa shape index (κ1) is 24.4. The molecule has 196 valence electrons. The molecule has 8 nitrogen and oxygen atoms in total. The summed E-state index contributed by atoms with van der Waals surface area (Å²) in [6.07, 6.45) is 6.37. The van der Waals surface area contributed by atoms with Gasteiger partial charge in [0, 0.05) is 57.4 Å². The first-order valence-corrected chi connectivity index (χ1v) is 13.4. The summed E-state index contributed by atoms with van der Waals surface area (Å²) >= 11 is 0. The van der Waals surface area contributed by atoms with Crippen molar-refractivity contribution in [2.45, 2.75) is 31.7 Å². The molecule has 6 rings (SSSR count). The average Bonchev–Trinajstić information content (AvgIpc) is 3.49. The van der Waals surface area contributed by atoms with Gasteiger partial charge in [-0.25, -0.2) is 4.79 Å². The van der Waals surface area contributed by atoms with Crippen LogP contribution in [0.1, 0.15) is 37.3 Å². The molecule has 0 radical (unpaired) electrons. The third kappa shape index (κ3) is 4.38. The van der Waals surface area contributed by atoms with Crippen LogP contribution in [0.25, 0.3) is 10.8 Å². The summed E-state index contributed by atoms with van der Waals surface area (Å²) in [5.41, 5.74) is 1.76. The zero-order valence-corrected chi connectivity index (χ0v) is 21.7. The quantitative estimate of drug-likeness (QED) is 0.568. The fourth-order valence-electron chi connectivity index (χ4n) is 6.58. The Labute approximate surface area is 222 Å². The Morgan fingerprint density at radius 2 is 1.68 bits per heavy atom. The van der Waals surface area contributed by atoms with E-state index in [1.165, 1.54) is 0 Å². The van der Waals surface area contributed by atoms with Crippen LogP contribution in [0.2, 0.25) is 0 Å². The van der Waals surface area contributed by atoms with E-state index in [9.17, 15) is 14.4 Å². The van der Waals surface area contributed by atoms with Gasteiger partial charge in [0.2, 0.25) is 11.8 Å². The number of likely N-dealkylation sites (tertiary alicyclic amines) is 3. The second-order valence-corrected chi connectivity index (χ2v) is 11.0. The van der Waals surface area contributed by atoms with Crippen LogP contribution in [-0.4, -0.2) is 70.8 Å². The van der Waals surface area contributed by atoms with Crippen molar-refractivity contribution < 1.29 is 14.4 Å². The number of benzene rings is 2. The highest BCUT2D eigenvalue weighted by Crippen LogP contribution is 2.43. The third-order valence-corrected chi connectivity index (χ3v) is 8.82. The zero-order chi connectivity index (χ0) is 26.3. The van der Waals surface area contributed by atoms with Crippen LogP contribution in [0.4, 0.5) is 10.5 Å². The van der Waals surface area contributed by atoms with Gasteiger partial charge in [-0.2, -0.15) is 0 Å². The maximum Gasteiger partial charge on any atom is 0.321 e.